The molecule has 0 saturated carbocycles. The maximum absolute atomic E-state index is 5.35. The van der Waals surface area contributed by atoms with Crippen LogP contribution in [0, 0.1) is 0 Å². The van der Waals surface area contributed by atoms with Crippen molar-refractivity contribution in [3.63, 3.8) is 0 Å². The second-order valence-electron chi connectivity index (χ2n) is 1.69. The van der Waals surface area contributed by atoms with E-state index in [0.717, 1.165) is 0 Å². The highest BCUT2D eigenvalue weighted by Crippen LogP contribution is 1.94. The van der Waals surface area contributed by atoms with Crippen LogP contribution in [-0.2, 0) is 6.54 Å². The molecule has 0 unspecified atom stereocenters. The van der Waals surface area contributed by atoms with E-state index in [1.54, 1.807) is 0 Å². The number of rotatable bonds is 1. The first-order chi connectivity index (χ1) is 3.93. The molecule has 0 aromatic heterocycles. The standard InChI is InChI=1S/C7H9N.ClH/c8-6-7-4-2-1-3-5-7;/h1-5H,6,8H2;1H/i1+2,2+2,3+2,4+2,5+2,7+2;. The van der Waals surface area contributed by atoms with E-state index in [2.05, 4.69) is 0 Å². The lowest BCUT2D eigenvalue weighted by molar-refractivity contribution is 1.07. The zero-order valence-corrected chi connectivity index (χ0v) is 5.90. The van der Waals surface area contributed by atoms with E-state index in [9.17, 15) is 0 Å². The zero-order chi connectivity index (χ0) is 5.82. The summed E-state index contributed by atoms with van der Waals surface area (Å²) in [5, 5.41) is 0. The van der Waals surface area contributed by atoms with Gasteiger partial charge in [0.1, 0.15) is 0 Å². The summed E-state index contributed by atoms with van der Waals surface area (Å²) in [6.07, 6.45) is 0. The zero-order valence-electron chi connectivity index (χ0n) is 5.08. The predicted molar refractivity (Wildman–Crippen MR) is 41.6 cm³/mol. The summed E-state index contributed by atoms with van der Waals surface area (Å²) in [7, 11) is 0. The molecule has 1 aromatic carbocycles. The molecule has 50 valence electrons. The highest BCUT2D eigenvalue weighted by molar-refractivity contribution is 5.85. The molecule has 1 rings (SSSR count). The maximum atomic E-state index is 5.35. The first-order valence-electron chi connectivity index (χ1n) is 2.67. The third kappa shape index (κ3) is 2.49. The Hall–Kier alpha value is -0.530. The minimum atomic E-state index is 0. The van der Waals surface area contributed by atoms with E-state index in [0.29, 0.717) is 6.54 Å². The third-order valence-corrected chi connectivity index (χ3v) is 1.08. The van der Waals surface area contributed by atoms with Crippen molar-refractivity contribution >= 4 is 12.4 Å². The summed E-state index contributed by atoms with van der Waals surface area (Å²) >= 11 is 0. The summed E-state index contributed by atoms with van der Waals surface area (Å²) in [4.78, 5) is 0. The molecule has 0 aliphatic heterocycles. The summed E-state index contributed by atoms with van der Waals surface area (Å²) in [5.74, 6) is 0. The van der Waals surface area contributed by atoms with Crippen molar-refractivity contribution in [2.24, 2.45) is 5.73 Å². The predicted octanol–water partition coefficient (Wildman–Crippen LogP) is 1.57. The number of halogens is 1. The first-order valence-corrected chi connectivity index (χ1v) is 2.67. The van der Waals surface area contributed by atoms with Crippen molar-refractivity contribution < 1.29 is 0 Å². The van der Waals surface area contributed by atoms with E-state index in [4.69, 9.17) is 5.73 Å². The Morgan fingerprint density at radius 1 is 1.11 bits per heavy atom. The molecule has 9 heavy (non-hydrogen) atoms. The van der Waals surface area contributed by atoms with Gasteiger partial charge in [-0.15, -0.1) is 12.4 Å². The molecule has 0 bridgehead atoms. The molecule has 0 fully saturated rings. The molecule has 0 aliphatic carbocycles. The van der Waals surface area contributed by atoms with Crippen LogP contribution in [0.15, 0.2) is 30.3 Å². The van der Waals surface area contributed by atoms with Gasteiger partial charge < -0.3 is 5.73 Å². The molecular formula is C7H10ClN. The summed E-state index contributed by atoms with van der Waals surface area (Å²) in [5.41, 5.74) is 6.54. The normalized spacial score (nSPS) is 8.11. The van der Waals surface area contributed by atoms with E-state index < -0.39 is 0 Å². The molecule has 2 heteroatoms. The molecule has 0 radical (unpaired) electrons. The van der Waals surface area contributed by atoms with Gasteiger partial charge in [-0.25, -0.2) is 0 Å². The lowest BCUT2D eigenvalue weighted by atomic mass is 11.2. The largest absolute Gasteiger partial charge is 0.326 e. The van der Waals surface area contributed by atoms with Crippen molar-refractivity contribution in [3.8, 4) is 0 Å². The second kappa shape index (κ2) is 4.36. The van der Waals surface area contributed by atoms with Gasteiger partial charge in [-0.3, -0.25) is 0 Å². The first kappa shape index (κ1) is 8.47. The van der Waals surface area contributed by atoms with Crippen molar-refractivity contribution in [3.05, 3.63) is 35.9 Å². The highest BCUT2D eigenvalue weighted by atomic mass is 35.5. The number of hydrogen-bond donors (Lipinski definition) is 1. The van der Waals surface area contributed by atoms with E-state index in [1.807, 2.05) is 30.3 Å². The van der Waals surface area contributed by atoms with Gasteiger partial charge in [0.05, 0.1) is 0 Å². The van der Waals surface area contributed by atoms with E-state index >= 15 is 0 Å². The van der Waals surface area contributed by atoms with Crippen molar-refractivity contribution in [1.29, 1.82) is 0 Å². The molecule has 2 N–H and O–H groups in total. The molecule has 0 amide bonds. The van der Waals surface area contributed by atoms with Gasteiger partial charge in [0.25, 0.3) is 0 Å². The Morgan fingerprint density at radius 3 is 2.00 bits per heavy atom. The Morgan fingerprint density at radius 2 is 1.67 bits per heavy atom. The summed E-state index contributed by atoms with van der Waals surface area (Å²) in [6, 6.07) is 9.99. The number of benzene rings is 1. The molecule has 1 aromatic rings. The Labute approximate surface area is 61.3 Å². The van der Waals surface area contributed by atoms with Crippen LogP contribution in [-0.4, -0.2) is 0 Å². The average molecular weight is 156 g/mol. The van der Waals surface area contributed by atoms with Gasteiger partial charge in [-0.2, -0.15) is 0 Å². The van der Waals surface area contributed by atoms with Crippen molar-refractivity contribution in [2.45, 2.75) is 6.54 Å². The van der Waals surface area contributed by atoms with Gasteiger partial charge in [0.2, 0.25) is 0 Å². The molecular weight excluding hydrogens is 145 g/mol. The van der Waals surface area contributed by atoms with Crippen LogP contribution in [0.2, 0.25) is 0 Å². The molecule has 0 heterocycles. The summed E-state index contributed by atoms with van der Waals surface area (Å²) < 4.78 is 0. The van der Waals surface area contributed by atoms with Gasteiger partial charge in [0, 0.05) is 6.54 Å². The average Bonchev–Trinajstić information content (AvgIpc) is 1.90. The van der Waals surface area contributed by atoms with Crippen molar-refractivity contribution in [1.82, 2.24) is 0 Å². The number of hydrogen-bond acceptors (Lipinski definition) is 1. The van der Waals surface area contributed by atoms with Gasteiger partial charge >= 0.3 is 0 Å². The fourth-order valence-electron chi connectivity index (χ4n) is 0.614. The van der Waals surface area contributed by atoms with Gasteiger partial charge in [-0.05, 0) is 5.56 Å². The third-order valence-electron chi connectivity index (χ3n) is 1.08. The van der Waals surface area contributed by atoms with E-state index in [-0.39, 0.29) is 12.4 Å². The van der Waals surface area contributed by atoms with Crippen LogP contribution in [0.4, 0.5) is 0 Å². The van der Waals surface area contributed by atoms with Crippen LogP contribution in [0.3, 0.4) is 0 Å². The fourth-order valence-corrected chi connectivity index (χ4v) is 0.614. The Balaban J connectivity index is 0.000000640. The molecule has 0 spiro atoms. The smallest absolute Gasteiger partial charge is 0.0178 e. The monoisotopic (exact) mass is 155 g/mol. The minimum Gasteiger partial charge on any atom is -0.326 e. The molecule has 0 atom stereocenters. The van der Waals surface area contributed by atoms with Crippen molar-refractivity contribution in [2.75, 3.05) is 0 Å². The Kier molecular flexibility index (Phi) is 4.10. The van der Waals surface area contributed by atoms with Crippen LogP contribution in [0.25, 0.3) is 0 Å². The van der Waals surface area contributed by atoms with E-state index in [1.165, 1.54) is 5.56 Å². The fraction of sp³-hybridized carbons (Fsp3) is 0.143. The molecule has 1 nitrogen and oxygen atoms in total. The Bertz CT molecular complexity index is 150. The van der Waals surface area contributed by atoms with Crippen LogP contribution in [0.1, 0.15) is 5.56 Å². The van der Waals surface area contributed by atoms with Crippen LogP contribution in [0.5, 0.6) is 0 Å². The van der Waals surface area contributed by atoms with Crippen LogP contribution >= 0.6 is 12.4 Å². The molecule has 0 saturated heterocycles. The topological polar surface area (TPSA) is 26.0 Å². The maximum Gasteiger partial charge on any atom is 0.0178 e. The summed E-state index contributed by atoms with van der Waals surface area (Å²) in [6.45, 7) is 0.640. The lowest BCUT2D eigenvalue weighted by Crippen LogP contribution is -1.94. The number of nitrogens with two attached hydrogens (primary N) is 1. The van der Waals surface area contributed by atoms with Gasteiger partial charge in [0.15, 0.2) is 0 Å². The molecule has 0 aliphatic rings. The minimum absolute atomic E-state index is 0. The highest BCUT2D eigenvalue weighted by Gasteiger charge is 1.80. The lowest BCUT2D eigenvalue weighted by Gasteiger charge is -1.90. The SMILES string of the molecule is Cl.NC[14c]1[14cH][14cH][14cH][14cH][14cH]1. The quantitative estimate of drug-likeness (QED) is 0.655. The second-order valence-corrected chi connectivity index (χ2v) is 1.69. The van der Waals surface area contributed by atoms with Gasteiger partial charge in [-0.1, -0.05) is 30.3 Å². The van der Waals surface area contributed by atoms with Crippen LogP contribution < -0.4 is 5.73 Å².